The van der Waals surface area contributed by atoms with Crippen molar-refractivity contribution in [1.29, 1.82) is 0 Å². The van der Waals surface area contributed by atoms with Crippen molar-refractivity contribution in [1.82, 2.24) is 0 Å². The molecule has 6 heterocycles. The zero-order valence-electron chi connectivity index (χ0n) is 55.4. The molecule has 97 heavy (non-hydrogen) atoms. The largest absolute Gasteiger partial charge is 0.468 e. The van der Waals surface area contributed by atoms with E-state index in [-0.39, 0.29) is 63.4 Å². The Bertz CT molecular complexity index is 3490. The summed E-state index contributed by atoms with van der Waals surface area (Å²) in [7, 11) is 0. The molecule has 5 aromatic rings. The van der Waals surface area contributed by atoms with Gasteiger partial charge in [0.15, 0.2) is 31.9 Å². The molecular weight excluding hydrogens is 1250 g/mol. The first-order valence-electron chi connectivity index (χ1n) is 32.8. The van der Waals surface area contributed by atoms with E-state index in [0.717, 1.165) is 43.1 Å². The molecule has 22 nitrogen and oxygen atoms in total. The topological polar surface area (TPSA) is 219 Å². The molecule has 0 aliphatic carbocycles. The molecule has 11 rings (SSSR count). The number of benzene rings is 5. The fourth-order valence-corrected chi connectivity index (χ4v) is 11.2. The first-order valence-corrected chi connectivity index (χ1v) is 32.8. The number of carbonyl (C=O) groups is 2. The predicted octanol–water partition coefficient (Wildman–Crippen LogP) is 11.9. The average Bonchev–Trinajstić information content (AvgIpc) is 0.720. The lowest BCUT2D eigenvalue weighted by Crippen LogP contribution is -2.55. The predicted molar refractivity (Wildman–Crippen MR) is 354 cm³/mol. The Hall–Kier alpha value is -8.10. The van der Waals surface area contributed by atoms with Gasteiger partial charge in [-0.1, -0.05) is 107 Å². The van der Waals surface area contributed by atoms with Gasteiger partial charge in [0, 0.05) is 82.8 Å². The van der Waals surface area contributed by atoms with E-state index >= 15 is 0 Å². The minimum absolute atomic E-state index is 0.0161. The van der Waals surface area contributed by atoms with Gasteiger partial charge in [0.25, 0.3) is 5.79 Å². The van der Waals surface area contributed by atoms with Crippen molar-refractivity contribution in [2.75, 3.05) is 126 Å². The van der Waals surface area contributed by atoms with Crippen LogP contribution >= 0.6 is 0 Å². The molecule has 5 aromatic carbocycles. The van der Waals surface area contributed by atoms with Crippen LogP contribution in [-0.4, -0.2) is 144 Å². The van der Waals surface area contributed by atoms with Crippen LogP contribution in [0.15, 0.2) is 140 Å². The molecular formula is C75H86O22. The summed E-state index contributed by atoms with van der Waals surface area (Å²) >= 11 is 0. The van der Waals surface area contributed by atoms with Crippen LogP contribution in [0.25, 0.3) is 18.2 Å². The maximum absolute atomic E-state index is 13.8. The second-order valence-electron chi connectivity index (χ2n) is 25.7. The molecule has 6 aliphatic rings. The summed E-state index contributed by atoms with van der Waals surface area (Å²) in [5, 5.41) is 0. The van der Waals surface area contributed by atoms with Crippen LogP contribution in [0.3, 0.4) is 0 Å². The molecule has 4 saturated heterocycles. The first kappa shape index (κ1) is 70.2. The fourth-order valence-electron chi connectivity index (χ4n) is 11.2. The van der Waals surface area contributed by atoms with Gasteiger partial charge in [-0.25, -0.2) is 9.59 Å². The Labute approximate surface area is 565 Å². The van der Waals surface area contributed by atoms with Gasteiger partial charge in [-0.3, -0.25) is 0 Å². The number of hydrogen-bond donors (Lipinski definition) is 0. The first-order chi connectivity index (χ1) is 47.3. The van der Waals surface area contributed by atoms with Crippen LogP contribution in [0.4, 0.5) is 0 Å². The second-order valence-corrected chi connectivity index (χ2v) is 25.7. The lowest BCUT2D eigenvalue weighted by atomic mass is 9.69. The van der Waals surface area contributed by atoms with Gasteiger partial charge in [0.1, 0.15) is 48.8 Å². The molecule has 0 radical (unpaired) electrons. The molecule has 0 N–H and O–H groups in total. The molecule has 1 atom stereocenters. The number of carbonyl (C=O) groups excluding carboxylic acids is 2. The van der Waals surface area contributed by atoms with Gasteiger partial charge in [0.2, 0.25) is 11.5 Å². The van der Waals surface area contributed by atoms with Gasteiger partial charge in [-0.15, -0.1) is 0 Å². The molecule has 1 unspecified atom stereocenters. The standard InChI is InChI=1S/C75H86O22/c1-73(2)47-75(94-65-33-68(93-72(77)27-20-55-18-25-62(26-19-55)89-52-86-46-59-41-82-42-59)67(31-63(65)73)92-71(76)13-7-5-6-8-28-78-49-83-43-56-35-79-36-56)48-74(3,4)64-32-69(96-90-29-9-11-53-14-21-60(22-15-53)87-50-84-44-57-37-80-38-57)70(34-66(64)95-75)97-91-30-10-12-54-16-23-61(24-17-54)88-51-85-45-58-39-81-40-58/h6-27,31-34,56-59H,5,28-30,35-52H2,1-4H3/b8-6-,11-9+,12-10-,13-7+,27-20+. The van der Waals surface area contributed by atoms with Gasteiger partial charge in [0.05, 0.1) is 85.9 Å². The lowest BCUT2D eigenvalue weighted by Gasteiger charge is -2.51. The van der Waals surface area contributed by atoms with E-state index in [2.05, 4.69) is 27.7 Å². The molecule has 0 bridgehead atoms. The number of rotatable bonds is 38. The Morgan fingerprint density at radius 3 is 1.26 bits per heavy atom. The molecule has 0 aromatic heterocycles. The van der Waals surface area contributed by atoms with Gasteiger partial charge in [-0.2, -0.15) is 9.78 Å². The van der Waals surface area contributed by atoms with Crippen LogP contribution in [0, 0.1) is 23.7 Å². The van der Waals surface area contributed by atoms with Crippen molar-refractivity contribution in [3.05, 3.63) is 167 Å². The number of fused-ring (bicyclic) bond motifs is 2. The highest BCUT2D eigenvalue weighted by Gasteiger charge is 2.54. The minimum atomic E-state index is -1.28. The molecule has 22 heteroatoms. The average molecular weight is 1340 g/mol. The second kappa shape index (κ2) is 34.9. The minimum Gasteiger partial charge on any atom is -0.468 e. The van der Waals surface area contributed by atoms with E-state index in [1.807, 2.05) is 91.1 Å². The van der Waals surface area contributed by atoms with Crippen LogP contribution in [-0.2, 0) is 72.8 Å². The highest BCUT2D eigenvalue weighted by molar-refractivity contribution is 5.90. The molecule has 518 valence electrons. The fraction of sp³-hybridized carbons (Fsp3) is 0.440. The van der Waals surface area contributed by atoms with Gasteiger partial charge < -0.3 is 85.6 Å². The van der Waals surface area contributed by atoms with E-state index in [4.69, 9.17) is 95.3 Å². The van der Waals surface area contributed by atoms with E-state index in [9.17, 15) is 9.59 Å². The number of allylic oxidation sites excluding steroid dienone is 2. The Morgan fingerprint density at radius 1 is 0.423 bits per heavy atom. The zero-order chi connectivity index (χ0) is 67.1. The lowest BCUT2D eigenvalue weighted by molar-refractivity contribution is -0.218. The summed E-state index contributed by atoms with van der Waals surface area (Å²) in [5.74, 6) is 2.10. The molecule has 4 fully saturated rings. The monoisotopic (exact) mass is 1340 g/mol. The van der Waals surface area contributed by atoms with Gasteiger partial charge >= 0.3 is 11.9 Å². The van der Waals surface area contributed by atoms with Crippen molar-refractivity contribution >= 4 is 30.2 Å². The van der Waals surface area contributed by atoms with Crippen LogP contribution in [0.5, 0.6) is 51.7 Å². The Kier molecular flexibility index (Phi) is 25.3. The van der Waals surface area contributed by atoms with Crippen molar-refractivity contribution in [3.8, 4) is 51.7 Å². The van der Waals surface area contributed by atoms with Crippen LogP contribution in [0.1, 0.15) is 74.8 Å². The van der Waals surface area contributed by atoms with Crippen LogP contribution in [0.2, 0.25) is 0 Å². The maximum Gasteiger partial charge on any atom is 0.336 e. The molecule has 0 amide bonds. The van der Waals surface area contributed by atoms with Crippen molar-refractivity contribution in [2.45, 2.75) is 63.6 Å². The molecule has 0 saturated carbocycles. The number of ether oxygens (including phenoxy) is 16. The summed E-state index contributed by atoms with van der Waals surface area (Å²) in [6.07, 6.45) is 18.2. The van der Waals surface area contributed by atoms with E-state index < -0.39 is 28.6 Å². The quantitative estimate of drug-likeness (QED) is 0.00524. The smallest absolute Gasteiger partial charge is 0.336 e. The molecule has 1 spiro atoms. The zero-order valence-corrected chi connectivity index (χ0v) is 55.4. The third-order valence-electron chi connectivity index (χ3n) is 16.5. The van der Waals surface area contributed by atoms with E-state index in [1.54, 1.807) is 54.6 Å². The SMILES string of the molecule is CC1(C)CC2(CC(C)(C)c3cc(OC(=O)/C=C/C/C=C\COCOCC4COC4)c(OC(=O)/C=C/c4ccc(OCOCC5COC5)cc4)cc3O2)Oc2cc(OOC/C=C\c3ccc(OCOCC4COC4)cc3)c(OOC/C=C/c3ccc(OCOCC4COC4)cc3)cc21. The van der Waals surface area contributed by atoms with Gasteiger partial charge in [-0.05, 0) is 77.7 Å². The van der Waals surface area contributed by atoms with Crippen LogP contribution < -0.4 is 42.9 Å². The third-order valence-corrected chi connectivity index (χ3v) is 16.5. The normalized spacial score (nSPS) is 19.0. The van der Waals surface area contributed by atoms with Crippen molar-refractivity contribution < 1.29 is 105 Å². The Balaban J connectivity index is 0.775. The summed E-state index contributed by atoms with van der Waals surface area (Å²) in [4.78, 5) is 51.1. The van der Waals surface area contributed by atoms with E-state index in [0.29, 0.717) is 142 Å². The highest BCUT2D eigenvalue weighted by atomic mass is 17.2. The van der Waals surface area contributed by atoms with Crippen molar-refractivity contribution in [2.24, 2.45) is 23.7 Å². The summed E-state index contributed by atoms with van der Waals surface area (Å²) in [6.45, 7) is 17.4. The highest BCUT2D eigenvalue weighted by Crippen LogP contribution is 2.56. The summed E-state index contributed by atoms with van der Waals surface area (Å²) in [6, 6.07) is 29.2. The molecule has 6 aliphatic heterocycles. The van der Waals surface area contributed by atoms with Crippen molar-refractivity contribution in [3.63, 3.8) is 0 Å². The summed E-state index contributed by atoms with van der Waals surface area (Å²) < 4.78 is 92.1. The van der Waals surface area contributed by atoms with E-state index in [1.165, 1.54) is 12.2 Å². The summed E-state index contributed by atoms with van der Waals surface area (Å²) in [5.41, 5.74) is 2.72. The maximum atomic E-state index is 13.8. The number of esters is 2. The number of hydrogen-bond acceptors (Lipinski definition) is 22. The Morgan fingerprint density at radius 2 is 0.814 bits per heavy atom. The third kappa shape index (κ3) is 21.2.